The van der Waals surface area contributed by atoms with E-state index in [0.717, 1.165) is 16.9 Å². The van der Waals surface area contributed by atoms with E-state index in [1.54, 1.807) is 18.2 Å². The monoisotopic (exact) mass is 390 g/mol. The van der Waals surface area contributed by atoms with Gasteiger partial charge in [-0.25, -0.2) is 4.98 Å². The van der Waals surface area contributed by atoms with Crippen LogP contribution in [0.15, 0.2) is 42.5 Å². The Morgan fingerprint density at radius 3 is 2.69 bits per heavy atom. The number of benzene rings is 2. The summed E-state index contributed by atoms with van der Waals surface area (Å²) in [5.74, 6) is 0.112. The number of hydrogen-bond donors (Lipinski definition) is 3. The van der Waals surface area contributed by atoms with E-state index in [4.69, 9.17) is 23.2 Å². The Bertz CT molecular complexity index is 922. The molecule has 0 spiro atoms. The highest BCUT2D eigenvalue weighted by Crippen LogP contribution is 2.25. The van der Waals surface area contributed by atoms with Crippen LogP contribution in [0.1, 0.15) is 12.2 Å². The number of H-pyrrole nitrogens is 1. The van der Waals surface area contributed by atoms with Crippen molar-refractivity contribution < 1.29 is 9.59 Å². The van der Waals surface area contributed by atoms with E-state index in [9.17, 15) is 9.59 Å². The second kappa shape index (κ2) is 8.21. The van der Waals surface area contributed by atoms with E-state index in [1.165, 1.54) is 0 Å². The van der Waals surface area contributed by atoms with Gasteiger partial charge in [0, 0.05) is 17.9 Å². The fourth-order valence-electron chi connectivity index (χ4n) is 2.41. The number of fused-ring (bicyclic) bond motifs is 1. The van der Waals surface area contributed by atoms with E-state index < -0.39 is 0 Å². The Balaban J connectivity index is 1.46. The van der Waals surface area contributed by atoms with Gasteiger partial charge in [-0.2, -0.15) is 0 Å². The van der Waals surface area contributed by atoms with Crippen LogP contribution < -0.4 is 10.6 Å². The number of hydrogen-bond acceptors (Lipinski definition) is 3. The first-order chi connectivity index (χ1) is 12.5. The van der Waals surface area contributed by atoms with Crippen LogP contribution in [-0.2, 0) is 16.0 Å². The van der Waals surface area contributed by atoms with Crippen LogP contribution in [0.4, 0.5) is 5.69 Å². The minimum absolute atomic E-state index is 0.151. The van der Waals surface area contributed by atoms with Gasteiger partial charge in [0.2, 0.25) is 11.8 Å². The van der Waals surface area contributed by atoms with Gasteiger partial charge >= 0.3 is 0 Å². The molecule has 1 heterocycles. The van der Waals surface area contributed by atoms with Gasteiger partial charge in [0.15, 0.2) is 0 Å². The highest BCUT2D eigenvalue weighted by atomic mass is 35.5. The first-order valence-electron chi connectivity index (χ1n) is 7.96. The quantitative estimate of drug-likeness (QED) is 0.601. The number of imidazole rings is 1. The van der Waals surface area contributed by atoms with Gasteiger partial charge in [-0.05, 0) is 30.3 Å². The maximum atomic E-state index is 11.9. The second-order valence-electron chi connectivity index (χ2n) is 5.65. The van der Waals surface area contributed by atoms with Gasteiger partial charge in [0.25, 0.3) is 0 Å². The molecule has 0 aliphatic carbocycles. The van der Waals surface area contributed by atoms with Gasteiger partial charge in [-0.15, -0.1) is 0 Å². The smallest absolute Gasteiger partial charge is 0.243 e. The third-order valence-corrected chi connectivity index (χ3v) is 4.24. The number of rotatable bonds is 6. The Kier molecular flexibility index (Phi) is 5.75. The molecule has 134 valence electrons. The van der Waals surface area contributed by atoms with Crippen LogP contribution in [0, 0.1) is 0 Å². The third-order valence-electron chi connectivity index (χ3n) is 3.68. The topological polar surface area (TPSA) is 86.9 Å². The molecule has 0 atom stereocenters. The molecule has 8 heteroatoms. The van der Waals surface area contributed by atoms with Crippen LogP contribution in [0.2, 0.25) is 10.0 Å². The lowest BCUT2D eigenvalue weighted by molar-refractivity contribution is -0.124. The maximum absolute atomic E-state index is 11.9. The largest absolute Gasteiger partial charge is 0.347 e. The van der Waals surface area contributed by atoms with Gasteiger partial charge in [-0.3, -0.25) is 9.59 Å². The summed E-state index contributed by atoms with van der Waals surface area (Å²) in [7, 11) is 0. The summed E-state index contributed by atoms with van der Waals surface area (Å²) in [4.78, 5) is 31.4. The average Bonchev–Trinajstić information content (AvgIpc) is 3.04. The van der Waals surface area contributed by atoms with E-state index in [0.29, 0.717) is 22.2 Å². The number of aryl methyl sites for hydroxylation is 1. The average molecular weight is 391 g/mol. The predicted molar refractivity (Wildman–Crippen MR) is 103 cm³/mol. The van der Waals surface area contributed by atoms with E-state index in [2.05, 4.69) is 20.6 Å². The van der Waals surface area contributed by atoms with Crippen molar-refractivity contribution in [1.82, 2.24) is 15.3 Å². The molecule has 0 aliphatic heterocycles. The maximum Gasteiger partial charge on any atom is 0.243 e. The van der Waals surface area contributed by atoms with Gasteiger partial charge < -0.3 is 15.6 Å². The van der Waals surface area contributed by atoms with Gasteiger partial charge in [0.05, 0.1) is 28.3 Å². The molecule has 26 heavy (non-hydrogen) atoms. The molecule has 3 N–H and O–H groups in total. The lowest BCUT2D eigenvalue weighted by Gasteiger charge is -2.08. The van der Waals surface area contributed by atoms with Crippen molar-refractivity contribution in [1.29, 1.82) is 0 Å². The molecule has 3 aromatic rings. The summed E-state index contributed by atoms with van der Waals surface area (Å²) < 4.78 is 0. The molecule has 0 aliphatic rings. The molecule has 0 radical (unpaired) electrons. The number of halogens is 2. The molecular formula is C18H16Cl2N4O2. The zero-order valence-corrected chi connectivity index (χ0v) is 15.2. The molecule has 0 fully saturated rings. The van der Waals surface area contributed by atoms with Crippen LogP contribution in [0.3, 0.4) is 0 Å². The third kappa shape index (κ3) is 4.74. The number of nitrogens with one attached hydrogen (secondary N) is 3. The Labute approximate surface area is 159 Å². The number of aromatic nitrogens is 2. The van der Waals surface area contributed by atoms with E-state index in [1.807, 2.05) is 24.3 Å². The zero-order chi connectivity index (χ0) is 18.5. The first kappa shape index (κ1) is 18.2. The second-order valence-corrected chi connectivity index (χ2v) is 6.49. The lowest BCUT2D eigenvalue weighted by Crippen LogP contribution is -2.33. The SMILES string of the molecule is O=C(CCc1nc2ccccc2[nH]1)NCC(=O)Nc1cc(Cl)ccc1Cl. The van der Waals surface area contributed by atoms with Crippen LogP contribution in [0.25, 0.3) is 11.0 Å². The molecule has 0 saturated carbocycles. The highest BCUT2D eigenvalue weighted by molar-refractivity contribution is 6.35. The number of carbonyl (C=O) groups excluding carboxylic acids is 2. The molecule has 0 saturated heterocycles. The van der Waals surface area contributed by atoms with Crippen LogP contribution in [0.5, 0.6) is 0 Å². The molecule has 1 aromatic heterocycles. The number of anilines is 1. The van der Waals surface area contributed by atoms with Crippen molar-refractivity contribution in [3.63, 3.8) is 0 Å². The fraction of sp³-hybridized carbons (Fsp3) is 0.167. The molecule has 6 nitrogen and oxygen atoms in total. The minimum Gasteiger partial charge on any atom is -0.347 e. The summed E-state index contributed by atoms with van der Waals surface area (Å²) in [5.41, 5.74) is 2.20. The Morgan fingerprint density at radius 2 is 1.88 bits per heavy atom. The molecule has 2 aromatic carbocycles. The lowest BCUT2D eigenvalue weighted by atomic mass is 10.3. The van der Waals surface area contributed by atoms with Gasteiger partial charge in [-0.1, -0.05) is 35.3 Å². The number of carbonyl (C=O) groups is 2. The summed E-state index contributed by atoms with van der Waals surface area (Å²) in [6, 6.07) is 12.4. The standard InChI is InChI=1S/C18H16Cl2N4O2/c19-11-5-6-12(20)15(9-11)24-18(26)10-21-17(25)8-7-16-22-13-3-1-2-4-14(13)23-16/h1-6,9H,7-8,10H2,(H,21,25)(H,22,23)(H,24,26). The van der Waals surface area contributed by atoms with Crippen molar-refractivity contribution >= 4 is 51.7 Å². The van der Waals surface area contributed by atoms with Crippen molar-refractivity contribution in [2.24, 2.45) is 0 Å². The van der Waals surface area contributed by atoms with Crippen LogP contribution in [-0.4, -0.2) is 28.3 Å². The number of aromatic amines is 1. The molecule has 0 bridgehead atoms. The number of nitrogens with zero attached hydrogens (tertiary/aromatic N) is 1. The summed E-state index contributed by atoms with van der Waals surface area (Å²) in [6.45, 7) is -0.151. The van der Waals surface area contributed by atoms with Crippen molar-refractivity contribution in [2.75, 3.05) is 11.9 Å². The molecule has 2 amide bonds. The normalized spacial score (nSPS) is 10.7. The first-order valence-corrected chi connectivity index (χ1v) is 8.72. The highest BCUT2D eigenvalue weighted by Gasteiger charge is 2.10. The Hall–Kier alpha value is -2.57. The van der Waals surface area contributed by atoms with Gasteiger partial charge in [0.1, 0.15) is 5.82 Å². The molecule has 3 rings (SSSR count). The predicted octanol–water partition coefficient (Wildman–Crippen LogP) is 3.56. The number of para-hydroxylation sites is 2. The summed E-state index contributed by atoms with van der Waals surface area (Å²) >= 11 is 11.9. The summed E-state index contributed by atoms with van der Waals surface area (Å²) in [6.07, 6.45) is 0.688. The van der Waals surface area contributed by atoms with Crippen molar-refractivity contribution in [3.05, 3.63) is 58.3 Å². The Morgan fingerprint density at radius 1 is 1.08 bits per heavy atom. The number of amides is 2. The molecule has 0 unspecified atom stereocenters. The van der Waals surface area contributed by atoms with Crippen molar-refractivity contribution in [2.45, 2.75) is 12.8 Å². The minimum atomic E-state index is -0.383. The van der Waals surface area contributed by atoms with E-state index >= 15 is 0 Å². The zero-order valence-electron chi connectivity index (χ0n) is 13.7. The fourth-order valence-corrected chi connectivity index (χ4v) is 2.75. The van der Waals surface area contributed by atoms with Crippen molar-refractivity contribution in [3.8, 4) is 0 Å². The summed E-state index contributed by atoms with van der Waals surface area (Å²) in [5, 5.41) is 6.01. The molecular weight excluding hydrogens is 375 g/mol. The van der Waals surface area contributed by atoms with Crippen LogP contribution >= 0.6 is 23.2 Å². The van der Waals surface area contributed by atoms with E-state index in [-0.39, 0.29) is 24.8 Å².